The lowest BCUT2D eigenvalue weighted by molar-refractivity contribution is 0.0983. The fourth-order valence-electron chi connectivity index (χ4n) is 3.03. The molecular weight excluding hydrogens is 275 g/mol. The van der Waals surface area contributed by atoms with Crippen LogP contribution in [0.1, 0.15) is 30.4 Å². The highest BCUT2D eigenvalue weighted by Crippen LogP contribution is 2.33. The molecule has 0 N–H and O–H groups in total. The minimum absolute atomic E-state index is 0.177. The summed E-state index contributed by atoms with van der Waals surface area (Å²) in [5.74, 6) is 0.288. The average Bonchev–Trinajstić information content (AvgIpc) is 2.96. The second kappa shape index (κ2) is 7.37. The lowest BCUT2D eigenvalue weighted by Gasteiger charge is -2.13. The van der Waals surface area contributed by atoms with Crippen molar-refractivity contribution in [2.24, 2.45) is 5.92 Å². The Morgan fingerprint density at radius 2 is 1.95 bits per heavy atom. The Hall–Kier alpha value is -1.93. The predicted molar refractivity (Wildman–Crippen MR) is 87.8 cm³/mol. The van der Waals surface area contributed by atoms with E-state index in [0.717, 1.165) is 25.0 Å². The van der Waals surface area contributed by atoms with Crippen molar-refractivity contribution in [2.75, 3.05) is 6.61 Å². The van der Waals surface area contributed by atoms with E-state index in [2.05, 4.69) is 18.2 Å². The number of benzene rings is 2. The molecule has 2 heteroatoms. The number of halogens is 1. The maximum absolute atomic E-state index is 13.3. The minimum atomic E-state index is -0.177. The summed E-state index contributed by atoms with van der Waals surface area (Å²) < 4.78 is 19.2. The summed E-state index contributed by atoms with van der Waals surface area (Å²) in [5, 5.41) is 0. The van der Waals surface area contributed by atoms with Gasteiger partial charge in [0.25, 0.3) is 0 Å². The molecule has 1 fully saturated rings. The zero-order valence-corrected chi connectivity index (χ0v) is 12.7. The first-order valence-corrected chi connectivity index (χ1v) is 7.89. The van der Waals surface area contributed by atoms with Crippen LogP contribution in [0.2, 0.25) is 0 Å². The van der Waals surface area contributed by atoms with Gasteiger partial charge >= 0.3 is 0 Å². The van der Waals surface area contributed by atoms with Gasteiger partial charge in [0.15, 0.2) is 0 Å². The molecule has 1 nitrogen and oxygen atoms in total. The van der Waals surface area contributed by atoms with Gasteiger partial charge in [-0.1, -0.05) is 54.1 Å². The number of hydrogen-bond donors (Lipinski definition) is 0. The van der Waals surface area contributed by atoms with Gasteiger partial charge in [-0.3, -0.25) is 0 Å². The Labute approximate surface area is 131 Å². The van der Waals surface area contributed by atoms with E-state index in [1.54, 1.807) is 12.1 Å². The van der Waals surface area contributed by atoms with E-state index in [0.29, 0.717) is 12.5 Å². The molecule has 0 saturated heterocycles. The fraction of sp³-hybridized carbons (Fsp3) is 0.300. The molecule has 2 aromatic carbocycles. The summed E-state index contributed by atoms with van der Waals surface area (Å²) in [6, 6.07) is 17.0. The molecule has 0 bridgehead atoms. The first-order valence-electron chi connectivity index (χ1n) is 7.89. The molecule has 0 amide bonds. The second-order valence-electron chi connectivity index (χ2n) is 5.86. The van der Waals surface area contributed by atoms with E-state index in [1.807, 2.05) is 24.3 Å². The van der Waals surface area contributed by atoms with Crippen LogP contribution < -0.4 is 0 Å². The van der Waals surface area contributed by atoms with Crippen LogP contribution in [0.25, 0.3) is 6.08 Å². The highest BCUT2D eigenvalue weighted by molar-refractivity contribution is 5.54. The van der Waals surface area contributed by atoms with Gasteiger partial charge in [0.1, 0.15) is 5.82 Å². The molecule has 22 heavy (non-hydrogen) atoms. The quantitative estimate of drug-likeness (QED) is 0.734. The molecule has 3 rings (SSSR count). The van der Waals surface area contributed by atoms with Crippen LogP contribution in [0.3, 0.4) is 0 Å². The lowest BCUT2D eigenvalue weighted by Crippen LogP contribution is -2.07. The summed E-state index contributed by atoms with van der Waals surface area (Å²) in [6.07, 6.45) is 5.58. The average molecular weight is 296 g/mol. The van der Waals surface area contributed by atoms with Crippen molar-refractivity contribution in [3.63, 3.8) is 0 Å². The lowest BCUT2D eigenvalue weighted by atomic mass is 10.0. The molecule has 1 unspecified atom stereocenters. The van der Waals surface area contributed by atoms with Crippen molar-refractivity contribution < 1.29 is 9.13 Å². The summed E-state index contributed by atoms with van der Waals surface area (Å²) in [5.41, 5.74) is 3.54. The monoisotopic (exact) mass is 296 g/mol. The Kier molecular flexibility index (Phi) is 5.02. The predicted octanol–water partition coefficient (Wildman–Crippen LogP) is 5.23. The first kappa shape index (κ1) is 15.0. The molecular formula is C20H21FO. The van der Waals surface area contributed by atoms with Crippen LogP contribution >= 0.6 is 0 Å². The molecule has 1 aliphatic rings. The molecule has 0 aromatic heterocycles. The van der Waals surface area contributed by atoms with Gasteiger partial charge in [-0.25, -0.2) is 4.39 Å². The van der Waals surface area contributed by atoms with E-state index < -0.39 is 0 Å². The Bertz CT molecular complexity index is 633. The SMILES string of the molecule is Fc1cccc(/C=C2/CCCC2COCc2ccccc2)c1. The summed E-state index contributed by atoms with van der Waals surface area (Å²) >= 11 is 0. The summed E-state index contributed by atoms with van der Waals surface area (Å²) in [7, 11) is 0. The van der Waals surface area contributed by atoms with E-state index in [4.69, 9.17) is 4.74 Å². The highest BCUT2D eigenvalue weighted by atomic mass is 19.1. The van der Waals surface area contributed by atoms with Crippen molar-refractivity contribution >= 4 is 6.08 Å². The molecule has 1 aliphatic carbocycles. The fourth-order valence-corrected chi connectivity index (χ4v) is 3.03. The van der Waals surface area contributed by atoms with Gasteiger partial charge in [0, 0.05) is 5.92 Å². The smallest absolute Gasteiger partial charge is 0.123 e. The van der Waals surface area contributed by atoms with Crippen molar-refractivity contribution in [3.8, 4) is 0 Å². The summed E-state index contributed by atoms with van der Waals surface area (Å²) in [4.78, 5) is 0. The van der Waals surface area contributed by atoms with Gasteiger partial charge in [-0.2, -0.15) is 0 Å². The third-order valence-corrected chi connectivity index (χ3v) is 4.17. The molecule has 2 aromatic rings. The number of ether oxygens (including phenoxy) is 1. The van der Waals surface area contributed by atoms with E-state index in [9.17, 15) is 4.39 Å². The molecule has 0 radical (unpaired) electrons. The number of rotatable bonds is 5. The highest BCUT2D eigenvalue weighted by Gasteiger charge is 2.21. The van der Waals surface area contributed by atoms with Gasteiger partial charge in [-0.15, -0.1) is 0 Å². The van der Waals surface area contributed by atoms with E-state index >= 15 is 0 Å². The maximum atomic E-state index is 13.3. The van der Waals surface area contributed by atoms with Crippen molar-refractivity contribution in [1.29, 1.82) is 0 Å². The molecule has 1 saturated carbocycles. The van der Waals surface area contributed by atoms with Crippen molar-refractivity contribution in [3.05, 3.63) is 77.1 Å². The zero-order chi connectivity index (χ0) is 15.2. The van der Waals surface area contributed by atoms with Crippen LogP contribution in [0.5, 0.6) is 0 Å². The van der Waals surface area contributed by atoms with Gasteiger partial charge in [0.05, 0.1) is 13.2 Å². The molecule has 114 valence electrons. The van der Waals surface area contributed by atoms with E-state index in [1.165, 1.54) is 23.6 Å². The maximum Gasteiger partial charge on any atom is 0.123 e. The zero-order valence-electron chi connectivity index (χ0n) is 12.7. The third kappa shape index (κ3) is 4.05. The van der Waals surface area contributed by atoms with Gasteiger partial charge in [-0.05, 0) is 42.5 Å². The first-order chi connectivity index (χ1) is 10.8. The van der Waals surface area contributed by atoms with E-state index in [-0.39, 0.29) is 5.82 Å². The Morgan fingerprint density at radius 3 is 2.77 bits per heavy atom. The Balaban J connectivity index is 1.59. The van der Waals surface area contributed by atoms with Crippen molar-refractivity contribution in [1.82, 2.24) is 0 Å². The molecule has 0 heterocycles. The normalized spacial score (nSPS) is 19.7. The molecule has 0 aliphatic heterocycles. The standard InChI is InChI=1S/C20H21FO/c21-20-11-4-8-17(13-20)12-18-9-5-10-19(18)15-22-14-16-6-2-1-3-7-16/h1-4,6-8,11-13,19H,5,9-10,14-15H2/b18-12-. The second-order valence-corrected chi connectivity index (χ2v) is 5.86. The largest absolute Gasteiger partial charge is 0.376 e. The van der Waals surface area contributed by atoms with Crippen LogP contribution in [-0.4, -0.2) is 6.61 Å². The van der Waals surface area contributed by atoms with Crippen LogP contribution in [0, 0.1) is 11.7 Å². The van der Waals surface area contributed by atoms with Crippen LogP contribution in [0.4, 0.5) is 4.39 Å². The van der Waals surface area contributed by atoms with Gasteiger partial charge in [0.2, 0.25) is 0 Å². The Morgan fingerprint density at radius 1 is 1.09 bits per heavy atom. The van der Waals surface area contributed by atoms with Crippen LogP contribution in [-0.2, 0) is 11.3 Å². The van der Waals surface area contributed by atoms with Crippen LogP contribution in [0.15, 0.2) is 60.2 Å². The minimum Gasteiger partial charge on any atom is -0.376 e. The molecule has 0 spiro atoms. The van der Waals surface area contributed by atoms with Crippen molar-refractivity contribution in [2.45, 2.75) is 25.9 Å². The number of hydrogen-bond acceptors (Lipinski definition) is 1. The molecule has 1 atom stereocenters. The topological polar surface area (TPSA) is 9.23 Å². The summed E-state index contributed by atoms with van der Waals surface area (Å²) in [6.45, 7) is 1.40. The van der Waals surface area contributed by atoms with Gasteiger partial charge < -0.3 is 4.74 Å². The third-order valence-electron chi connectivity index (χ3n) is 4.17.